The second kappa shape index (κ2) is 7.24. The number of nitrogens with one attached hydrogen (secondary N) is 1. The second-order valence-corrected chi connectivity index (χ2v) is 7.80. The minimum atomic E-state index is -3.40. The Bertz CT molecular complexity index is 620. The highest BCUT2D eigenvalue weighted by Crippen LogP contribution is 2.22. The van der Waals surface area contributed by atoms with Crippen molar-refractivity contribution in [2.45, 2.75) is 24.7 Å². The van der Waals surface area contributed by atoms with E-state index in [1.54, 1.807) is 23.1 Å². The molecule has 0 aliphatic carbocycles. The maximum Gasteiger partial charge on any atom is 0.255 e. The van der Waals surface area contributed by atoms with E-state index < -0.39 is 9.84 Å². The molecule has 1 fully saturated rings. The minimum absolute atomic E-state index is 0.120. The molecule has 5 nitrogen and oxygen atoms in total. The summed E-state index contributed by atoms with van der Waals surface area (Å²) in [5.41, 5.74) is 0.287. The van der Waals surface area contributed by atoms with Crippen molar-refractivity contribution in [3.63, 3.8) is 0 Å². The molecule has 22 heavy (non-hydrogen) atoms. The van der Waals surface area contributed by atoms with Crippen molar-refractivity contribution in [1.82, 2.24) is 10.2 Å². The first-order chi connectivity index (χ1) is 10.4. The number of sulfone groups is 1. The van der Waals surface area contributed by atoms with E-state index in [-0.39, 0.29) is 16.4 Å². The SMILES string of the molecule is CCNCC1CCN(C(=O)c2ccccc2S(C)(=O)=O)CC1. The Hall–Kier alpha value is -1.40. The normalized spacial score (nSPS) is 16.7. The number of benzene rings is 1. The quantitative estimate of drug-likeness (QED) is 0.892. The van der Waals surface area contributed by atoms with Crippen LogP contribution in [0, 0.1) is 5.92 Å². The third kappa shape index (κ3) is 4.08. The molecule has 0 unspecified atom stereocenters. The summed E-state index contributed by atoms with van der Waals surface area (Å²) < 4.78 is 23.7. The summed E-state index contributed by atoms with van der Waals surface area (Å²) in [6, 6.07) is 6.46. The third-order valence-electron chi connectivity index (χ3n) is 4.10. The van der Waals surface area contributed by atoms with Crippen LogP contribution >= 0.6 is 0 Å². The molecule has 1 aromatic rings. The fourth-order valence-corrected chi connectivity index (χ4v) is 3.71. The molecular weight excluding hydrogens is 300 g/mol. The second-order valence-electron chi connectivity index (χ2n) is 5.81. The molecule has 1 saturated heterocycles. The van der Waals surface area contributed by atoms with Crippen LogP contribution in [0.1, 0.15) is 30.1 Å². The number of carbonyl (C=O) groups excluding carboxylic acids is 1. The number of hydrogen-bond donors (Lipinski definition) is 1. The van der Waals surface area contributed by atoms with Gasteiger partial charge in [-0.3, -0.25) is 4.79 Å². The fraction of sp³-hybridized carbons (Fsp3) is 0.562. The largest absolute Gasteiger partial charge is 0.339 e. The number of hydrogen-bond acceptors (Lipinski definition) is 4. The van der Waals surface area contributed by atoms with Crippen molar-refractivity contribution in [2.75, 3.05) is 32.4 Å². The molecule has 1 N–H and O–H groups in total. The number of amides is 1. The first-order valence-electron chi connectivity index (χ1n) is 7.72. The van der Waals surface area contributed by atoms with Crippen LogP contribution in [0.5, 0.6) is 0 Å². The lowest BCUT2D eigenvalue weighted by atomic mass is 9.96. The molecule has 0 bridgehead atoms. The zero-order chi connectivity index (χ0) is 16.2. The Morgan fingerprint density at radius 1 is 1.27 bits per heavy atom. The number of nitrogens with zero attached hydrogens (tertiary/aromatic N) is 1. The Kier molecular flexibility index (Phi) is 5.58. The van der Waals surface area contributed by atoms with E-state index in [2.05, 4.69) is 12.2 Å². The van der Waals surface area contributed by atoms with E-state index in [4.69, 9.17) is 0 Å². The Labute approximate surface area is 132 Å². The van der Waals surface area contributed by atoms with Crippen molar-refractivity contribution in [2.24, 2.45) is 5.92 Å². The van der Waals surface area contributed by atoms with Gasteiger partial charge < -0.3 is 10.2 Å². The van der Waals surface area contributed by atoms with Crippen LogP contribution in [0.3, 0.4) is 0 Å². The molecule has 1 heterocycles. The highest BCUT2D eigenvalue weighted by Gasteiger charge is 2.26. The average molecular weight is 324 g/mol. The van der Waals surface area contributed by atoms with E-state index in [9.17, 15) is 13.2 Å². The Morgan fingerprint density at radius 2 is 1.91 bits per heavy atom. The maximum absolute atomic E-state index is 12.6. The monoisotopic (exact) mass is 324 g/mol. The highest BCUT2D eigenvalue weighted by atomic mass is 32.2. The molecule has 122 valence electrons. The fourth-order valence-electron chi connectivity index (χ4n) is 2.83. The molecule has 2 rings (SSSR count). The van der Waals surface area contributed by atoms with Crippen molar-refractivity contribution in [3.8, 4) is 0 Å². The molecule has 1 amide bonds. The minimum Gasteiger partial charge on any atom is -0.339 e. The van der Waals surface area contributed by atoms with Gasteiger partial charge >= 0.3 is 0 Å². The van der Waals surface area contributed by atoms with E-state index >= 15 is 0 Å². The van der Waals surface area contributed by atoms with Gasteiger partial charge in [0.05, 0.1) is 10.5 Å². The Balaban J connectivity index is 2.08. The van der Waals surface area contributed by atoms with Crippen LogP contribution in [-0.2, 0) is 9.84 Å². The molecule has 0 spiro atoms. The van der Waals surface area contributed by atoms with Gasteiger partial charge in [-0.15, -0.1) is 0 Å². The summed E-state index contributed by atoms with van der Waals surface area (Å²) >= 11 is 0. The zero-order valence-electron chi connectivity index (χ0n) is 13.2. The van der Waals surface area contributed by atoms with Crippen LogP contribution in [0.25, 0.3) is 0 Å². The van der Waals surface area contributed by atoms with Crippen molar-refractivity contribution < 1.29 is 13.2 Å². The summed E-state index contributed by atoms with van der Waals surface area (Å²) in [7, 11) is -3.40. The average Bonchev–Trinajstić information content (AvgIpc) is 2.52. The van der Waals surface area contributed by atoms with Gasteiger partial charge in [0.1, 0.15) is 0 Å². The van der Waals surface area contributed by atoms with Crippen LogP contribution in [-0.4, -0.2) is 51.7 Å². The van der Waals surface area contributed by atoms with E-state index in [1.165, 1.54) is 6.07 Å². The highest BCUT2D eigenvalue weighted by molar-refractivity contribution is 7.90. The summed E-state index contributed by atoms with van der Waals surface area (Å²) in [4.78, 5) is 14.5. The molecule has 1 aliphatic heterocycles. The van der Waals surface area contributed by atoms with Gasteiger partial charge in [-0.1, -0.05) is 19.1 Å². The molecule has 6 heteroatoms. The molecule has 0 aromatic heterocycles. The molecule has 0 saturated carbocycles. The van der Waals surface area contributed by atoms with Gasteiger partial charge in [-0.2, -0.15) is 0 Å². The summed E-state index contributed by atoms with van der Waals surface area (Å²) in [5, 5.41) is 3.34. The molecule has 1 aliphatic rings. The lowest BCUT2D eigenvalue weighted by molar-refractivity contribution is 0.0686. The van der Waals surface area contributed by atoms with Crippen LogP contribution in [0.4, 0.5) is 0 Å². The topological polar surface area (TPSA) is 66.5 Å². The predicted octanol–water partition coefficient (Wildman–Crippen LogP) is 1.55. The van der Waals surface area contributed by atoms with Crippen molar-refractivity contribution in [1.29, 1.82) is 0 Å². The first-order valence-corrected chi connectivity index (χ1v) is 9.61. The van der Waals surface area contributed by atoms with E-state index in [1.807, 2.05) is 0 Å². The molecule has 0 radical (unpaired) electrons. The van der Waals surface area contributed by atoms with Gasteiger partial charge in [-0.25, -0.2) is 8.42 Å². The van der Waals surface area contributed by atoms with Gasteiger partial charge in [0.25, 0.3) is 5.91 Å². The smallest absolute Gasteiger partial charge is 0.255 e. The first kappa shape index (κ1) is 17.0. The Morgan fingerprint density at radius 3 is 2.50 bits per heavy atom. The molecule has 0 atom stereocenters. The van der Waals surface area contributed by atoms with E-state index in [0.717, 1.165) is 32.2 Å². The summed E-state index contributed by atoms with van der Waals surface area (Å²) in [5.74, 6) is 0.414. The maximum atomic E-state index is 12.6. The van der Waals surface area contributed by atoms with Crippen molar-refractivity contribution in [3.05, 3.63) is 29.8 Å². The number of carbonyl (C=O) groups is 1. The van der Waals surface area contributed by atoms with E-state index in [0.29, 0.717) is 19.0 Å². The van der Waals surface area contributed by atoms with Gasteiger partial charge in [0.2, 0.25) is 0 Å². The standard InChI is InChI=1S/C16H24N2O3S/c1-3-17-12-13-8-10-18(11-9-13)16(19)14-6-4-5-7-15(14)22(2,20)21/h4-7,13,17H,3,8-12H2,1-2H3. The number of rotatable bonds is 5. The third-order valence-corrected chi connectivity index (χ3v) is 5.26. The molecule has 1 aromatic carbocycles. The number of piperidine rings is 1. The summed E-state index contributed by atoms with van der Waals surface area (Å²) in [6.07, 6.45) is 3.06. The van der Waals surface area contributed by atoms with Gasteiger partial charge in [0, 0.05) is 19.3 Å². The van der Waals surface area contributed by atoms with Crippen LogP contribution < -0.4 is 5.32 Å². The number of likely N-dealkylation sites (tertiary alicyclic amines) is 1. The zero-order valence-corrected chi connectivity index (χ0v) is 14.0. The summed E-state index contributed by atoms with van der Waals surface area (Å²) in [6.45, 7) is 5.40. The van der Waals surface area contributed by atoms with Crippen molar-refractivity contribution >= 4 is 15.7 Å². The van der Waals surface area contributed by atoms with Gasteiger partial charge in [0.15, 0.2) is 9.84 Å². The lowest BCUT2D eigenvalue weighted by Crippen LogP contribution is -2.41. The predicted molar refractivity (Wildman–Crippen MR) is 86.7 cm³/mol. The van der Waals surface area contributed by atoms with Gasteiger partial charge in [-0.05, 0) is 44.0 Å². The molecular formula is C16H24N2O3S. The van der Waals surface area contributed by atoms with Crippen LogP contribution in [0.15, 0.2) is 29.2 Å². The van der Waals surface area contributed by atoms with Crippen LogP contribution in [0.2, 0.25) is 0 Å². The lowest BCUT2D eigenvalue weighted by Gasteiger charge is -2.32.